The van der Waals surface area contributed by atoms with Crippen LogP contribution in [0.2, 0.25) is 0 Å². The number of pyridine rings is 1. The van der Waals surface area contributed by atoms with Gasteiger partial charge in [0, 0.05) is 0 Å². The van der Waals surface area contributed by atoms with E-state index in [0.29, 0.717) is 0 Å². The summed E-state index contributed by atoms with van der Waals surface area (Å²) in [4.78, 5) is 4.26. The maximum absolute atomic E-state index is 4.26. The van der Waals surface area contributed by atoms with Gasteiger partial charge in [0.1, 0.15) is 0 Å². The van der Waals surface area contributed by atoms with E-state index in [9.17, 15) is 0 Å². The van der Waals surface area contributed by atoms with Crippen molar-refractivity contribution in [3.63, 3.8) is 0 Å². The van der Waals surface area contributed by atoms with E-state index >= 15 is 0 Å². The van der Waals surface area contributed by atoms with Crippen LogP contribution in [0, 0.1) is 0 Å². The summed E-state index contributed by atoms with van der Waals surface area (Å²) < 4.78 is 1.40. The summed E-state index contributed by atoms with van der Waals surface area (Å²) in [5.41, 5.74) is 1.11. The van der Waals surface area contributed by atoms with Gasteiger partial charge in [0.25, 0.3) is 0 Å². The van der Waals surface area contributed by atoms with Crippen molar-refractivity contribution in [2.24, 2.45) is 0 Å². The average molecular weight is 151 g/mol. The molecule has 48 valence electrons. The zero-order chi connectivity index (χ0) is 7.68. The summed E-state index contributed by atoms with van der Waals surface area (Å²) in [6, 6.07) is 10.5. The molecule has 1 aromatic heterocycles. The molecule has 0 fully saturated rings. The van der Waals surface area contributed by atoms with Crippen LogP contribution in [0.25, 0.3) is 10.9 Å². The van der Waals surface area contributed by atoms with Crippen molar-refractivity contribution in [1.29, 1.82) is 0 Å². The summed E-state index contributed by atoms with van der Waals surface area (Å²) in [5, 5.41) is 1.23. The van der Waals surface area contributed by atoms with Gasteiger partial charge in [-0.25, -0.2) is 0 Å². The van der Waals surface area contributed by atoms with Gasteiger partial charge in [-0.05, 0) is 0 Å². The van der Waals surface area contributed by atoms with E-state index < -0.39 is 0 Å². The fourth-order valence-corrected chi connectivity index (χ4v) is 1.62. The Morgan fingerprint density at radius 2 is 2.09 bits per heavy atom. The fraction of sp³-hybridized carbons (Fsp3) is 0. The van der Waals surface area contributed by atoms with Crippen LogP contribution >= 0.6 is 0 Å². The molecule has 1 heterocycles. The Balaban J connectivity index is 2.83. The third-order valence-corrected chi connectivity index (χ3v) is 2.38. The number of hydrogen-bond donors (Lipinski definition) is 0. The van der Waals surface area contributed by atoms with Crippen molar-refractivity contribution in [3.8, 4) is 0 Å². The molecule has 0 amide bonds. The Kier molecular flexibility index (Phi) is 1.95. The van der Waals surface area contributed by atoms with Gasteiger partial charge in [0.15, 0.2) is 0 Å². The second-order valence-electron chi connectivity index (χ2n) is 2.70. The average Bonchev–Trinajstić information content (AvgIpc) is 2.04. The van der Waals surface area contributed by atoms with Gasteiger partial charge in [0.2, 0.25) is 0 Å². The van der Waals surface area contributed by atoms with E-state index in [1.807, 2.05) is 12.3 Å². The van der Waals surface area contributed by atoms with Gasteiger partial charge in [-0.3, -0.25) is 0 Å². The molecule has 2 aromatic rings. The molecule has 2 rings (SSSR count). The molecular weight excluding hydrogens is 145 g/mol. The zero-order valence-corrected chi connectivity index (χ0v) is 8.41. The quantitative estimate of drug-likeness (QED) is 0.512. The van der Waals surface area contributed by atoms with Crippen LogP contribution in [0.1, 0.15) is 0 Å². The van der Waals surface area contributed by atoms with Gasteiger partial charge < -0.3 is 0 Å². The Morgan fingerprint density at radius 1 is 1.18 bits per heavy atom. The van der Waals surface area contributed by atoms with Crippen molar-refractivity contribution in [3.05, 3.63) is 36.5 Å². The molecule has 0 N–H and O–H groups in total. The van der Waals surface area contributed by atoms with Crippen LogP contribution < -0.4 is 2.81 Å². The topological polar surface area (TPSA) is 12.9 Å². The molecule has 1 aromatic carbocycles. The first-order valence-electron chi connectivity index (χ1n) is 3.68. The zero-order valence-electron chi connectivity index (χ0n) is 6.41. The number of nitrogens with zero attached hydrogens (tertiary/aromatic N) is 1. The molecule has 0 radical (unpaired) electrons. The molecule has 0 aliphatic carbocycles. The first-order chi connectivity index (χ1) is 5.36. The molecule has 0 atom stereocenters. The first kappa shape index (κ1) is 7.29. The van der Waals surface area contributed by atoms with Crippen molar-refractivity contribution in [2.45, 2.75) is 0 Å². The molecule has 2 heteroatoms. The molecular formula is C9H6NNa. The molecule has 11 heavy (non-hydrogen) atoms. The number of fused-ring (bicyclic) bond motifs is 1. The van der Waals surface area contributed by atoms with E-state index in [4.69, 9.17) is 0 Å². The van der Waals surface area contributed by atoms with Gasteiger partial charge >= 0.3 is 83.2 Å². The summed E-state index contributed by atoms with van der Waals surface area (Å²) >= 11 is 1.10. The monoisotopic (exact) mass is 151 g/mol. The van der Waals surface area contributed by atoms with Crippen LogP contribution in [0.5, 0.6) is 0 Å². The van der Waals surface area contributed by atoms with E-state index in [2.05, 4.69) is 29.2 Å². The SMILES string of the molecule is [Na][c]1ccc2cccnc2c1. The first-order valence-corrected chi connectivity index (χ1v) is 4.68. The van der Waals surface area contributed by atoms with Crippen LogP contribution in [-0.2, 0) is 0 Å². The summed E-state index contributed by atoms with van der Waals surface area (Å²) in [7, 11) is 0. The molecule has 0 saturated carbocycles. The molecule has 0 aliphatic rings. The predicted molar refractivity (Wildman–Crippen MR) is 47.1 cm³/mol. The Labute approximate surface area is 82.9 Å². The minimum absolute atomic E-state index is 1.10. The molecule has 0 spiro atoms. The van der Waals surface area contributed by atoms with Crippen molar-refractivity contribution in [1.82, 2.24) is 4.98 Å². The Bertz CT molecular complexity index is 384. The van der Waals surface area contributed by atoms with Gasteiger partial charge in [-0.2, -0.15) is 0 Å². The summed E-state index contributed by atoms with van der Waals surface area (Å²) in [5.74, 6) is 0. The standard InChI is InChI=1S/C9H6N.Na/c1-2-6-9-8(4-1)5-3-7-10-9;/h1,3-7H;. The van der Waals surface area contributed by atoms with Crippen LogP contribution in [0.4, 0.5) is 0 Å². The third-order valence-electron chi connectivity index (χ3n) is 1.76. The molecule has 0 bridgehead atoms. The van der Waals surface area contributed by atoms with Crippen molar-refractivity contribution in [2.75, 3.05) is 0 Å². The second-order valence-corrected chi connectivity index (χ2v) is 3.85. The Morgan fingerprint density at radius 3 is 3.00 bits per heavy atom. The van der Waals surface area contributed by atoms with Crippen LogP contribution in [0.15, 0.2) is 36.5 Å². The number of rotatable bonds is 0. The van der Waals surface area contributed by atoms with Crippen molar-refractivity contribution >= 4 is 41.6 Å². The van der Waals surface area contributed by atoms with Crippen LogP contribution in [0.3, 0.4) is 0 Å². The third kappa shape index (κ3) is 1.45. The normalized spacial score (nSPS) is 10.4. The van der Waals surface area contributed by atoms with E-state index in [1.165, 1.54) is 8.20 Å². The minimum atomic E-state index is 1.10. The number of hydrogen-bond acceptors (Lipinski definition) is 1. The van der Waals surface area contributed by atoms with Crippen molar-refractivity contribution < 1.29 is 0 Å². The second kappa shape index (κ2) is 2.94. The molecule has 0 aliphatic heterocycles. The fourth-order valence-electron chi connectivity index (χ4n) is 1.18. The number of benzene rings is 1. The van der Waals surface area contributed by atoms with Gasteiger partial charge in [-0.1, -0.05) is 0 Å². The van der Waals surface area contributed by atoms with Gasteiger partial charge in [0.05, 0.1) is 0 Å². The predicted octanol–water partition coefficient (Wildman–Crippen LogP) is 1.03. The number of aromatic nitrogens is 1. The van der Waals surface area contributed by atoms with Crippen LogP contribution in [-0.4, -0.2) is 32.9 Å². The molecule has 0 unspecified atom stereocenters. The van der Waals surface area contributed by atoms with E-state index in [0.717, 1.165) is 33.4 Å². The van der Waals surface area contributed by atoms with Gasteiger partial charge in [-0.15, -0.1) is 0 Å². The molecule has 0 saturated heterocycles. The summed E-state index contributed by atoms with van der Waals surface area (Å²) in [6.45, 7) is 0. The van der Waals surface area contributed by atoms with E-state index in [-0.39, 0.29) is 0 Å². The molecule has 1 nitrogen and oxygen atoms in total. The Hall–Kier alpha value is -0.370. The van der Waals surface area contributed by atoms with E-state index in [1.54, 1.807) is 0 Å². The summed E-state index contributed by atoms with van der Waals surface area (Å²) in [6.07, 6.45) is 1.84. The maximum atomic E-state index is 4.26.